The second-order valence-electron chi connectivity index (χ2n) is 5.26. The van der Waals surface area contributed by atoms with Crippen molar-refractivity contribution < 1.29 is 4.74 Å². The minimum atomic E-state index is 0.592. The molecule has 2 nitrogen and oxygen atoms in total. The summed E-state index contributed by atoms with van der Waals surface area (Å²) in [5, 5.41) is 4.31. The highest BCUT2D eigenvalue weighted by Gasteiger charge is 2.12. The molecule has 1 aliphatic carbocycles. The lowest BCUT2D eigenvalue weighted by molar-refractivity contribution is 0.340. The largest absolute Gasteiger partial charge is 0.492 e. The van der Waals surface area contributed by atoms with Gasteiger partial charge in [-0.15, -0.1) is 0 Å². The first-order valence-corrected chi connectivity index (χ1v) is 7.86. The fourth-order valence-electron chi connectivity index (χ4n) is 2.70. The molecule has 0 bridgehead atoms. The molecule has 1 fully saturated rings. The van der Waals surface area contributed by atoms with Gasteiger partial charge in [0.15, 0.2) is 0 Å². The first kappa shape index (κ1) is 14.5. The van der Waals surface area contributed by atoms with Crippen molar-refractivity contribution in [2.75, 3.05) is 11.9 Å². The van der Waals surface area contributed by atoms with Crippen molar-refractivity contribution in [3.05, 3.63) is 23.2 Å². The standard InChI is InChI=1S/C16H24ClNO/c1-2-19-16-11-10-14(12-15(16)17)18-13-8-6-4-3-5-7-9-13/h10-13,18H,2-9H2,1H3. The van der Waals surface area contributed by atoms with Crippen LogP contribution < -0.4 is 10.1 Å². The molecule has 0 aromatic heterocycles. The van der Waals surface area contributed by atoms with E-state index in [0.717, 1.165) is 11.4 Å². The molecule has 2 rings (SSSR count). The Hall–Kier alpha value is -0.890. The zero-order valence-electron chi connectivity index (χ0n) is 11.8. The highest BCUT2D eigenvalue weighted by atomic mass is 35.5. The SMILES string of the molecule is CCOc1ccc(NC2CCCCCCC2)cc1Cl. The summed E-state index contributed by atoms with van der Waals surface area (Å²) >= 11 is 6.22. The van der Waals surface area contributed by atoms with Gasteiger partial charge in [0.25, 0.3) is 0 Å². The van der Waals surface area contributed by atoms with Crippen molar-refractivity contribution in [3.63, 3.8) is 0 Å². The molecule has 0 saturated heterocycles. The van der Waals surface area contributed by atoms with Gasteiger partial charge in [0.05, 0.1) is 11.6 Å². The van der Waals surface area contributed by atoms with Gasteiger partial charge in [0.2, 0.25) is 0 Å². The van der Waals surface area contributed by atoms with E-state index in [9.17, 15) is 0 Å². The Morgan fingerprint density at radius 1 is 1.16 bits per heavy atom. The van der Waals surface area contributed by atoms with Gasteiger partial charge >= 0.3 is 0 Å². The highest BCUT2D eigenvalue weighted by molar-refractivity contribution is 6.32. The molecule has 0 aliphatic heterocycles. The summed E-state index contributed by atoms with van der Waals surface area (Å²) in [5.41, 5.74) is 1.11. The normalized spacial score (nSPS) is 17.6. The maximum absolute atomic E-state index is 6.22. The number of halogens is 1. The lowest BCUT2D eigenvalue weighted by Gasteiger charge is -2.22. The van der Waals surface area contributed by atoms with Gasteiger partial charge in [-0.05, 0) is 38.0 Å². The zero-order chi connectivity index (χ0) is 13.5. The fourth-order valence-corrected chi connectivity index (χ4v) is 2.93. The Kier molecular flexibility index (Phi) is 5.84. The van der Waals surface area contributed by atoms with Crippen molar-refractivity contribution in [2.45, 2.75) is 57.9 Å². The molecule has 0 unspecified atom stereocenters. The molecule has 0 heterocycles. The van der Waals surface area contributed by atoms with Gasteiger partial charge in [0, 0.05) is 11.7 Å². The van der Waals surface area contributed by atoms with Crippen LogP contribution in [-0.2, 0) is 0 Å². The second-order valence-corrected chi connectivity index (χ2v) is 5.67. The monoisotopic (exact) mass is 281 g/mol. The van der Waals surface area contributed by atoms with Gasteiger partial charge in [0.1, 0.15) is 5.75 Å². The molecule has 0 atom stereocenters. The molecule has 0 radical (unpaired) electrons. The van der Waals surface area contributed by atoms with Crippen LogP contribution in [0.25, 0.3) is 0 Å². The summed E-state index contributed by atoms with van der Waals surface area (Å²) in [4.78, 5) is 0. The number of hydrogen-bond acceptors (Lipinski definition) is 2. The van der Waals surface area contributed by atoms with Crippen LogP contribution in [0, 0.1) is 0 Å². The van der Waals surface area contributed by atoms with E-state index in [4.69, 9.17) is 16.3 Å². The summed E-state index contributed by atoms with van der Waals surface area (Å²) < 4.78 is 5.46. The maximum atomic E-state index is 6.22. The van der Waals surface area contributed by atoms with Gasteiger partial charge in [-0.3, -0.25) is 0 Å². The van der Waals surface area contributed by atoms with E-state index in [0.29, 0.717) is 17.7 Å². The fraction of sp³-hybridized carbons (Fsp3) is 0.625. The Morgan fingerprint density at radius 2 is 1.84 bits per heavy atom. The van der Waals surface area contributed by atoms with Crippen LogP contribution in [0.4, 0.5) is 5.69 Å². The number of hydrogen-bond donors (Lipinski definition) is 1. The molecule has 1 aromatic rings. The topological polar surface area (TPSA) is 21.3 Å². The smallest absolute Gasteiger partial charge is 0.138 e. The number of anilines is 1. The molecule has 19 heavy (non-hydrogen) atoms. The van der Waals surface area contributed by atoms with Crippen molar-refractivity contribution in [3.8, 4) is 5.75 Å². The number of benzene rings is 1. The third-order valence-electron chi connectivity index (χ3n) is 3.71. The van der Waals surface area contributed by atoms with E-state index in [-0.39, 0.29) is 0 Å². The third kappa shape index (κ3) is 4.61. The van der Waals surface area contributed by atoms with Crippen molar-refractivity contribution >= 4 is 17.3 Å². The van der Waals surface area contributed by atoms with Crippen LogP contribution >= 0.6 is 11.6 Å². The van der Waals surface area contributed by atoms with E-state index in [2.05, 4.69) is 11.4 Å². The van der Waals surface area contributed by atoms with E-state index in [1.807, 2.05) is 19.1 Å². The molecule has 0 spiro atoms. The number of ether oxygens (including phenoxy) is 1. The van der Waals surface area contributed by atoms with E-state index < -0.39 is 0 Å². The molecular formula is C16H24ClNO. The van der Waals surface area contributed by atoms with Gasteiger partial charge in [-0.1, -0.05) is 43.7 Å². The summed E-state index contributed by atoms with van der Waals surface area (Å²) in [5.74, 6) is 0.771. The summed E-state index contributed by atoms with van der Waals surface area (Å²) in [6.07, 6.45) is 9.37. The first-order chi connectivity index (χ1) is 9.29. The Morgan fingerprint density at radius 3 is 2.47 bits per heavy atom. The average Bonchev–Trinajstić information content (AvgIpc) is 2.36. The lowest BCUT2D eigenvalue weighted by Crippen LogP contribution is -2.20. The summed E-state index contributed by atoms with van der Waals surface area (Å²) in [6.45, 7) is 2.62. The van der Waals surface area contributed by atoms with E-state index in [1.165, 1.54) is 44.9 Å². The molecule has 1 aliphatic rings. The molecular weight excluding hydrogens is 258 g/mol. The second kappa shape index (κ2) is 7.64. The number of rotatable bonds is 4. The van der Waals surface area contributed by atoms with E-state index >= 15 is 0 Å². The summed E-state index contributed by atoms with van der Waals surface area (Å²) in [6, 6.07) is 6.59. The van der Waals surface area contributed by atoms with Crippen molar-refractivity contribution in [1.82, 2.24) is 0 Å². The number of nitrogens with one attached hydrogen (secondary N) is 1. The predicted molar refractivity (Wildman–Crippen MR) is 82.4 cm³/mol. The van der Waals surface area contributed by atoms with Crippen LogP contribution in [0.2, 0.25) is 5.02 Å². The van der Waals surface area contributed by atoms with Gasteiger partial charge in [-0.2, -0.15) is 0 Å². The molecule has 1 N–H and O–H groups in total. The average molecular weight is 282 g/mol. The Balaban J connectivity index is 1.95. The van der Waals surface area contributed by atoms with E-state index in [1.54, 1.807) is 0 Å². The quantitative estimate of drug-likeness (QED) is 0.812. The maximum Gasteiger partial charge on any atom is 0.138 e. The van der Waals surface area contributed by atoms with Crippen LogP contribution in [0.3, 0.4) is 0 Å². The molecule has 0 amide bonds. The molecule has 1 aromatic carbocycles. The Labute approximate surface area is 121 Å². The third-order valence-corrected chi connectivity index (χ3v) is 4.00. The molecule has 106 valence electrons. The van der Waals surface area contributed by atoms with Crippen LogP contribution in [0.1, 0.15) is 51.9 Å². The van der Waals surface area contributed by atoms with Gasteiger partial charge < -0.3 is 10.1 Å². The van der Waals surface area contributed by atoms with Crippen LogP contribution in [-0.4, -0.2) is 12.6 Å². The van der Waals surface area contributed by atoms with Crippen LogP contribution in [0.5, 0.6) is 5.75 Å². The minimum absolute atomic E-state index is 0.592. The van der Waals surface area contributed by atoms with Crippen molar-refractivity contribution in [2.24, 2.45) is 0 Å². The highest BCUT2D eigenvalue weighted by Crippen LogP contribution is 2.29. The van der Waals surface area contributed by atoms with Gasteiger partial charge in [-0.25, -0.2) is 0 Å². The zero-order valence-corrected chi connectivity index (χ0v) is 12.5. The van der Waals surface area contributed by atoms with Crippen molar-refractivity contribution in [1.29, 1.82) is 0 Å². The van der Waals surface area contributed by atoms with Crippen LogP contribution in [0.15, 0.2) is 18.2 Å². The predicted octanol–water partition coefficient (Wildman–Crippen LogP) is 5.26. The minimum Gasteiger partial charge on any atom is -0.492 e. The molecule has 3 heteroatoms. The summed E-state index contributed by atoms with van der Waals surface area (Å²) in [7, 11) is 0. The Bertz CT molecular complexity index is 386. The first-order valence-electron chi connectivity index (χ1n) is 7.48. The molecule has 1 saturated carbocycles. The lowest BCUT2D eigenvalue weighted by atomic mass is 9.96.